The molecule has 0 radical (unpaired) electrons. The Hall–Kier alpha value is -2.56. The van der Waals surface area contributed by atoms with Gasteiger partial charge in [-0.3, -0.25) is 10.1 Å². The second kappa shape index (κ2) is 10.4. The van der Waals surface area contributed by atoms with Crippen LogP contribution < -0.4 is 20.5 Å². The van der Waals surface area contributed by atoms with E-state index in [1.54, 1.807) is 26.4 Å². The lowest BCUT2D eigenvalue weighted by atomic mass is 10.2. The van der Waals surface area contributed by atoms with E-state index in [0.29, 0.717) is 23.6 Å². The molecule has 0 saturated heterocycles. The number of non-ortho nitro benzene ring substituents is 1. The Morgan fingerprint density at radius 1 is 1.15 bits per heavy atom. The van der Waals surface area contributed by atoms with Gasteiger partial charge in [-0.1, -0.05) is 18.2 Å². The minimum absolute atomic E-state index is 0. The normalized spacial score (nSPS) is 10.6. The Morgan fingerprint density at radius 3 is 2.54 bits per heavy atom. The summed E-state index contributed by atoms with van der Waals surface area (Å²) in [4.78, 5) is 14.5. The molecule has 0 fully saturated rings. The van der Waals surface area contributed by atoms with E-state index in [2.05, 4.69) is 10.3 Å². The Morgan fingerprint density at radius 2 is 1.88 bits per heavy atom. The molecule has 0 amide bonds. The summed E-state index contributed by atoms with van der Waals surface area (Å²) >= 11 is 0. The second-order valence-electron chi connectivity index (χ2n) is 5.17. The third-order valence-corrected chi connectivity index (χ3v) is 3.47. The summed E-state index contributed by atoms with van der Waals surface area (Å²) in [6.45, 7) is 0.719. The number of hydrogen-bond donors (Lipinski definition) is 2. The molecule has 0 aromatic heterocycles. The average molecular weight is 472 g/mol. The van der Waals surface area contributed by atoms with Crippen LogP contribution in [0.1, 0.15) is 11.1 Å². The number of aliphatic imine (C=N–C) groups is 1. The molecule has 0 heterocycles. The van der Waals surface area contributed by atoms with Gasteiger partial charge in [-0.2, -0.15) is 0 Å². The summed E-state index contributed by atoms with van der Waals surface area (Å²) in [6, 6.07) is 11.8. The highest BCUT2D eigenvalue weighted by atomic mass is 127. The van der Waals surface area contributed by atoms with Gasteiger partial charge in [0.05, 0.1) is 25.7 Å². The number of nitrogens with zero attached hydrogens (tertiary/aromatic N) is 2. The number of guanidine groups is 1. The zero-order valence-corrected chi connectivity index (χ0v) is 16.8. The fraction of sp³-hybridized carbons (Fsp3) is 0.235. The van der Waals surface area contributed by atoms with Crippen molar-refractivity contribution < 1.29 is 14.4 Å². The molecule has 0 unspecified atom stereocenters. The fourth-order valence-corrected chi connectivity index (χ4v) is 2.18. The van der Waals surface area contributed by atoms with Crippen LogP contribution in [-0.2, 0) is 13.1 Å². The van der Waals surface area contributed by atoms with Crippen LogP contribution in [0.4, 0.5) is 5.69 Å². The van der Waals surface area contributed by atoms with Gasteiger partial charge in [0, 0.05) is 18.7 Å². The largest absolute Gasteiger partial charge is 0.493 e. The summed E-state index contributed by atoms with van der Waals surface area (Å²) in [6.07, 6.45) is 0. The SMILES string of the molecule is COc1ccc(CNC(N)=NCc2cccc([N+](=O)[O-])c2)cc1OC.I. The molecule has 2 rings (SSSR count). The summed E-state index contributed by atoms with van der Waals surface area (Å²) in [5.74, 6) is 1.54. The van der Waals surface area contributed by atoms with Crippen molar-refractivity contribution in [2.45, 2.75) is 13.1 Å². The van der Waals surface area contributed by atoms with E-state index in [9.17, 15) is 10.1 Å². The maximum atomic E-state index is 10.8. The average Bonchev–Trinajstić information content (AvgIpc) is 2.64. The number of nitro groups is 1. The number of nitrogens with two attached hydrogens (primary N) is 1. The van der Waals surface area contributed by atoms with E-state index in [1.807, 2.05) is 18.2 Å². The van der Waals surface area contributed by atoms with Gasteiger partial charge in [0.25, 0.3) is 5.69 Å². The van der Waals surface area contributed by atoms with Crippen molar-refractivity contribution in [1.82, 2.24) is 5.32 Å². The van der Waals surface area contributed by atoms with Crippen molar-refractivity contribution in [2.75, 3.05) is 14.2 Å². The van der Waals surface area contributed by atoms with Crippen LogP contribution in [0, 0.1) is 10.1 Å². The quantitative estimate of drug-likeness (QED) is 0.211. The van der Waals surface area contributed by atoms with Crippen molar-refractivity contribution in [3.8, 4) is 11.5 Å². The van der Waals surface area contributed by atoms with Crippen LogP contribution in [0.2, 0.25) is 0 Å². The van der Waals surface area contributed by atoms with E-state index < -0.39 is 4.92 Å². The molecule has 8 nitrogen and oxygen atoms in total. The van der Waals surface area contributed by atoms with Gasteiger partial charge in [-0.05, 0) is 23.3 Å². The van der Waals surface area contributed by atoms with Gasteiger partial charge in [0.1, 0.15) is 0 Å². The predicted octanol–water partition coefficient (Wildman–Crippen LogP) is 2.83. The number of benzene rings is 2. The molecular formula is C17H21IN4O4. The van der Waals surface area contributed by atoms with Crippen molar-refractivity contribution in [3.63, 3.8) is 0 Å². The summed E-state index contributed by atoms with van der Waals surface area (Å²) in [5, 5.41) is 13.8. The van der Waals surface area contributed by atoms with Gasteiger partial charge in [-0.25, -0.2) is 4.99 Å². The van der Waals surface area contributed by atoms with Crippen LogP contribution in [0.25, 0.3) is 0 Å². The van der Waals surface area contributed by atoms with Crippen molar-refractivity contribution >= 4 is 35.6 Å². The predicted molar refractivity (Wildman–Crippen MR) is 110 cm³/mol. The number of methoxy groups -OCH3 is 2. The first-order valence-corrected chi connectivity index (χ1v) is 7.51. The lowest BCUT2D eigenvalue weighted by Crippen LogP contribution is -2.31. The van der Waals surface area contributed by atoms with E-state index in [-0.39, 0.29) is 42.2 Å². The van der Waals surface area contributed by atoms with Crippen LogP contribution in [0.3, 0.4) is 0 Å². The maximum Gasteiger partial charge on any atom is 0.269 e. The molecule has 0 bridgehead atoms. The van der Waals surface area contributed by atoms with E-state index >= 15 is 0 Å². The first-order valence-electron chi connectivity index (χ1n) is 7.51. The zero-order chi connectivity index (χ0) is 18.2. The summed E-state index contributed by atoms with van der Waals surface area (Å²) in [5.41, 5.74) is 7.54. The highest BCUT2D eigenvalue weighted by Gasteiger charge is 2.06. The Labute approximate surface area is 168 Å². The molecule has 0 spiro atoms. The third kappa shape index (κ3) is 6.06. The Kier molecular flexibility index (Phi) is 8.62. The second-order valence-corrected chi connectivity index (χ2v) is 5.17. The standard InChI is InChI=1S/C17H20N4O4.HI/c1-24-15-7-6-13(9-16(15)25-2)11-20-17(18)19-10-12-4-3-5-14(8-12)21(22)23;/h3-9H,10-11H2,1-2H3,(H3,18,19,20);1H. The zero-order valence-electron chi connectivity index (χ0n) is 14.5. The van der Waals surface area contributed by atoms with Crippen LogP contribution in [0.5, 0.6) is 11.5 Å². The number of nitro benzene ring substituents is 1. The summed E-state index contributed by atoms with van der Waals surface area (Å²) in [7, 11) is 3.15. The van der Waals surface area contributed by atoms with Crippen LogP contribution in [0.15, 0.2) is 47.5 Å². The third-order valence-electron chi connectivity index (χ3n) is 3.47. The van der Waals surface area contributed by atoms with Gasteiger partial charge >= 0.3 is 0 Å². The molecule has 3 N–H and O–H groups in total. The number of ether oxygens (including phenoxy) is 2. The molecule has 140 valence electrons. The van der Waals surface area contributed by atoms with Crippen molar-refractivity contribution in [2.24, 2.45) is 10.7 Å². The first-order chi connectivity index (χ1) is 12.0. The highest BCUT2D eigenvalue weighted by molar-refractivity contribution is 14.0. The fourth-order valence-electron chi connectivity index (χ4n) is 2.18. The summed E-state index contributed by atoms with van der Waals surface area (Å²) < 4.78 is 10.4. The molecular weight excluding hydrogens is 451 g/mol. The van der Waals surface area contributed by atoms with E-state index in [4.69, 9.17) is 15.2 Å². The first kappa shape index (κ1) is 21.5. The molecule has 2 aromatic rings. The maximum absolute atomic E-state index is 10.8. The van der Waals surface area contributed by atoms with Gasteiger partial charge in [0.2, 0.25) is 0 Å². The Bertz CT molecular complexity index is 783. The molecule has 0 saturated carbocycles. The highest BCUT2D eigenvalue weighted by Crippen LogP contribution is 2.27. The minimum Gasteiger partial charge on any atom is -0.493 e. The number of nitrogens with one attached hydrogen (secondary N) is 1. The molecule has 0 atom stereocenters. The lowest BCUT2D eigenvalue weighted by molar-refractivity contribution is -0.384. The lowest BCUT2D eigenvalue weighted by Gasteiger charge is -2.10. The molecule has 26 heavy (non-hydrogen) atoms. The van der Waals surface area contributed by atoms with Crippen LogP contribution >= 0.6 is 24.0 Å². The van der Waals surface area contributed by atoms with E-state index in [0.717, 1.165) is 5.56 Å². The van der Waals surface area contributed by atoms with Gasteiger partial charge in [0.15, 0.2) is 17.5 Å². The van der Waals surface area contributed by atoms with E-state index in [1.165, 1.54) is 12.1 Å². The van der Waals surface area contributed by atoms with Crippen molar-refractivity contribution in [1.29, 1.82) is 0 Å². The molecule has 0 aliphatic heterocycles. The molecule has 9 heteroatoms. The molecule has 0 aliphatic rings. The minimum atomic E-state index is -0.439. The molecule has 2 aromatic carbocycles. The monoisotopic (exact) mass is 472 g/mol. The van der Waals surface area contributed by atoms with Gasteiger partial charge < -0.3 is 20.5 Å². The van der Waals surface area contributed by atoms with Crippen molar-refractivity contribution in [3.05, 3.63) is 63.7 Å². The Balaban J connectivity index is 0.00000338. The van der Waals surface area contributed by atoms with Crippen LogP contribution in [-0.4, -0.2) is 25.1 Å². The molecule has 0 aliphatic carbocycles. The number of hydrogen-bond acceptors (Lipinski definition) is 5. The number of rotatable bonds is 7. The van der Waals surface area contributed by atoms with Gasteiger partial charge in [-0.15, -0.1) is 24.0 Å². The number of halogens is 1. The topological polar surface area (TPSA) is 112 Å². The smallest absolute Gasteiger partial charge is 0.269 e.